The van der Waals surface area contributed by atoms with Crippen LogP contribution in [0.1, 0.15) is 21.1 Å². The molecule has 0 aliphatic heterocycles. The molecule has 7 heteroatoms. The van der Waals surface area contributed by atoms with Gasteiger partial charge in [0.25, 0.3) is 0 Å². The Hall–Kier alpha value is -2.12. The maximum absolute atomic E-state index is 5.79. The molecule has 0 radical (unpaired) electrons. The van der Waals surface area contributed by atoms with E-state index < -0.39 is 0 Å². The van der Waals surface area contributed by atoms with Crippen LogP contribution in [0.3, 0.4) is 0 Å². The van der Waals surface area contributed by atoms with Gasteiger partial charge < -0.3 is 20.3 Å². The molecule has 0 bridgehead atoms. The first-order valence-corrected chi connectivity index (χ1v) is 9.53. The van der Waals surface area contributed by atoms with E-state index in [0.29, 0.717) is 19.7 Å². The summed E-state index contributed by atoms with van der Waals surface area (Å²) in [7, 11) is 5.85. The van der Waals surface area contributed by atoms with E-state index >= 15 is 0 Å². The van der Waals surface area contributed by atoms with Gasteiger partial charge in [0.1, 0.15) is 17.4 Å². The van der Waals surface area contributed by atoms with Crippen molar-refractivity contribution in [1.29, 1.82) is 0 Å². The lowest BCUT2D eigenvalue weighted by Gasteiger charge is -2.13. The third kappa shape index (κ3) is 6.65. The Morgan fingerprint density at radius 3 is 2.65 bits per heavy atom. The molecule has 142 valence electrons. The summed E-state index contributed by atoms with van der Waals surface area (Å²) in [5, 5.41) is 7.71. The van der Waals surface area contributed by atoms with Crippen LogP contribution in [-0.2, 0) is 13.1 Å². The van der Waals surface area contributed by atoms with Gasteiger partial charge in [0.15, 0.2) is 5.96 Å². The highest BCUT2D eigenvalue weighted by molar-refractivity contribution is 7.11. The van der Waals surface area contributed by atoms with Crippen LogP contribution in [-0.4, -0.2) is 50.1 Å². The third-order valence-corrected chi connectivity index (χ3v) is 4.94. The first-order chi connectivity index (χ1) is 12.5. The van der Waals surface area contributed by atoms with Crippen molar-refractivity contribution in [3.05, 3.63) is 45.4 Å². The van der Waals surface area contributed by atoms with E-state index in [1.54, 1.807) is 18.4 Å². The average Bonchev–Trinajstić information content (AvgIpc) is 2.93. The van der Waals surface area contributed by atoms with Crippen molar-refractivity contribution in [3.63, 3.8) is 0 Å². The molecule has 0 saturated carbocycles. The molecule has 0 fully saturated rings. The topological polar surface area (TPSA) is 61.8 Å². The predicted molar refractivity (Wildman–Crippen MR) is 109 cm³/mol. The Labute approximate surface area is 160 Å². The number of aryl methyl sites for hydroxylation is 2. The highest BCUT2D eigenvalue weighted by Gasteiger charge is 2.05. The maximum atomic E-state index is 5.79. The maximum Gasteiger partial charge on any atom is 0.191 e. The molecular weight excluding hydrogens is 346 g/mol. The number of nitrogens with one attached hydrogen (secondary N) is 2. The molecule has 26 heavy (non-hydrogen) atoms. The van der Waals surface area contributed by atoms with Crippen molar-refractivity contribution in [2.75, 3.05) is 34.3 Å². The summed E-state index contributed by atoms with van der Waals surface area (Å²) >= 11 is 1.72. The van der Waals surface area contributed by atoms with Gasteiger partial charge >= 0.3 is 0 Å². The van der Waals surface area contributed by atoms with Crippen LogP contribution in [0.15, 0.2) is 29.3 Å². The zero-order valence-corrected chi connectivity index (χ0v) is 17.1. The Morgan fingerprint density at radius 1 is 1.23 bits per heavy atom. The second-order valence-electron chi connectivity index (χ2n) is 6.33. The third-order valence-electron chi connectivity index (χ3n) is 3.87. The number of hydrogen-bond donors (Lipinski definition) is 2. The number of aliphatic imine (C=N–C) groups is 1. The first-order valence-electron chi connectivity index (χ1n) is 8.72. The largest absolute Gasteiger partial charge is 0.492 e. The van der Waals surface area contributed by atoms with Crippen molar-refractivity contribution in [3.8, 4) is 5.75 Å². The number of thiazole rings is 1. The summed E-state index contributed by atoms with van der Waals surface area (Å²) in [6.07, 6.45) is 0. The highest BCUT2D eigenvalue weighted by Crippen LogP contribution is 2.16. The second-order valence-corrected chi connectivity index (χ2v) is 7.62. The van der Waals surface area contributed by atoms with Crippen molar-refractivity contribution in [2.24, 2.45) is 4.99 Å². The Kier molecular flexibility index (Phi) is 7.87. The fraction of sp³-hybridized carbons (Fsp3) is 0.474. The minimum atomic E-state index is 0.673. The van der Waals surface area contributed by atoms with Crippen LogP contribution in [0.2, 0.25) is 0 Å². The number of hydrogen-bond acceptors (Lipinski definition) is 5. The Bertz CT molecular complexity index is 707. The summed E-state index contributed by atoms with van der Waals surface area (Å²) in [4.78, 5) is 12.2. The summed E-state index contributed by atoms with van der Waals surface area (Å²) in [5.74, 6) is 1.65. The lowest BCUT2D eigenvalue weighted by molar-refractivity contribution is 0.261. The monoisotopic (exact) mass is 375 g/mol. The summed E-state index contributed by atoms with van der Waals surface area (Å²) in [6.45, 7) is 7.06. The molecule has 0 amide bonds. The van der Waals surface area contributed by atoms with E-state index in [1.165, 1.54) is 4.88 Å². The van der Waals surface area contributed by atoms with Crippen molar-refractivity contribution in [2.45, 2.75) is 26.9 Å². The minimum Gasteiger partial charge on any atom is -0.492 e. The summed E-state index contributed by atoms with van der Waals surface area (Å²) < 4.78 is 5.79. The molecule has 2 N–H and O–H groups in total. The van der Waals surface area contributed by atoms with Crippen molar-refractivity contribution < 1.29 is 4.74 Å². The molecule has 0 atom stereocenters. The number of ether oxygens (including phenoxy) is 1. The summed E-state index contributed by atoms with van der Waals surface area (Å²) in [6, 6.07) is 8.13. The smallest absolute Gasteiger partial charge is 0.191 e. The van der Waals surface area contributed by atoms with Crippen molar-refractivity contribution >= 4 is 17.3 Å². The van der Waals surface area contributed by atoms with Crippen LogP contribution in [0, 0.1) is 13.8 Å². The van der Waals surface area contributed by atoms with Gasteiger partial charge in [-0.15, -0.1) is 11.3 Å². The molecule has 1 aromatic heterocycles. The van der Waals surface area contributed by atoms with E-state index in [0.717, 1.165) is 34.5 Å². The van der Waals surface area contributed by atoms with Gasteiger partial charge in [0, 0.05) is 25.0 Å². The minimum absolute atomic E-state index is 0.673. The van der Waals surface area contributed by atoms with Gasteiger partial charge in [-0.1, -0.05) is 12.1 Å². The number of aromatic nitrogens is 1. The number of guanidine groups is 1. The number of likely N-dealkylation sites (N-methyl/N-ethyl adjacent to an activating group) is 1. The first kappa shape index (κ1) is 20.2. The lowest BCUT2D eigenvalue weighted by Crippen LogP contribution is -2.36. The van der Waals surface area contributed by atoms with E-state index in [-0.39, 0.29) is 0 Å². The van der Waals surface area contributed by atoms with Crippen LogP contribution < -0.4 is 15.4 Å². The van der Waals surface area contributed by atoms with Gasteiger partial charge in [-0.3, -0.25) is 4.99 Å². The van der Waals surface area contributed by atoms with Gasteiger partial charge in [-0.25, -0.2) is 4.98 Å². The quantitative estimate of drug-likeness (QED) is 0.548. The van der Waals surface area contributed by atoms with Gasteiger partial charge in [0.05, 0.1) is 12.2 Å². The SMILES string of the molecule is CN=C(NCc1cccc(OCCN(C)C)c1)NCc1nc(C)c(C)s1. The summed E-state index contributed by atoms with van der Waals surface area (Å²) in [5.41, 5.74) is 2.25. The highest BCUT2D eigenvalue weighted by atomic mass is 32.1. The molecule has 0 spiro atoms. The normalized spacial score (nSPS) is 11.7. The molecule has 2 rings (SSSR count). The van der Waals surface area contributed by atoms with Gasteiger partial charge in [-0.05, 0) is 45.6 Å². The second kappa shape index (κ2) is 10.1. The number of rotatable bonds is 8. The molecular formula is C19H29N5OS. The molecule has 0 aliphatic carbocycles. The van der Waals surface area contributed by atoms with Crippen LogP contribution in [0.25, 0.3) is 0 Å². The van der Waals surface area contributed by atoms with E-state index in [9.17, 15) is 0 Å². The predicted octanol–water partition coefficient (Wildman–Crippen LogP) is 2.57. The van der Waals surface area contributed by atoms with E-state index in [1.807, 2.05) is 33.2 Å². The zero-order chi connectivity index (χ0) is 18.9. The van der Waals surface area contributed by atoms with Crippen LogP contribution in [0.5, 0.6) is 5.75 Å². The van der Waals surface area contributed by atoms with Crippen LogP contribution in [0.4, 0.5) is 0 Å². The molecule has 1 aromatic carbocycles. The molecule has 0 saturated heterocycles. The Balaban J connectivity index is 1.82. The standard InChI is InChI=1S/C19H29N5OS/c1-14-15(2)26-18(23-14)13-22-19(20-3)21-12-16-7-6-8-17(11-16)25-10-9-24(4)5/h6-8,11H,9-10,12-13H2,1-5H3,(H2,20,21,22). The van der Waals surface area contributed by atoms with Crippen LogP contribution >= 0.6 is 11.3 Å². The molecule has 0 unspecified atom stereocenters. The Morgan fingerprint density at radius 2 is 2.00 bits per heavy atom. The lowest BCUT2D eigenvalue weighted by atomic mass is 10.2. The average molecular weight is 376 g/mol. The number of nitrogens with zero attached hydrogens (tertiary/aromatic N) is 3. The van der Waals surface area contributed by atoms with E-state index in [4.69, 9.17) is 4.74 Å². The fourth-order valence-electron chi connectivity index (χ4n) is 2.27. The molecule has 6 nitrogen and oxygen atoms in total. The fourth-order valence-corrected chi connectivity index (χ4v) is 3.15. The van der Waals surface area contributed by atoms with Crippen molar-refractivity contribution in [1.82, 2.24) is 20.5 Å². The van der Waals surface area contributed by atoms with Gasteiger partial charge in [0.2, 0.25) is 0 Å². The molecule has 1 heterocycles. The zero-order valence-electron chi connectivity index (χ0n) is 16.3. The van der Waals surface area contributed by atoms with E-state index in [2.05, 4.69) is 44.6 Å². The number of benzene rings is 1. The molecule has 2 aromatic rings. The van der Waals surface area contributed by atoms with Gasteiger partial charge in [-0.2, -0.15) is 0 Å². The molecule has 0 aliphatic rings.